The van der Waals surface area contributed by atoms with Crippen molar-refractivity contribution in [2.24, 2.45) is 5.10 Å². The van der Waals surface area contributed by atoms with Gasteiger partial charge in [-0.05, 0) is 43.6 Å². The van der Waals surface area contributed by atoms with E-state index in [1.54, 1.807) is 11.6 Å². The van der Waals surface area contributed by atoms with Gasteiger partial charge in [-0.15, -0.1) is 11.3 Å². The topological polar surface area (TPSA) is 75.8 Å². The summed E-state index contributed by atoms with van der Waals surface area (Å²) in [5, 5.41) is 6.62. The number of hydrogen-bond donors (Lipinski definition) is 2. The molecule has 0 saturated carbocycles. The maximum atomic E-state index is 5.87. The SMILES string of the molecule is Nc1csc(NN=Cc2cccc(OCCN3CCCCC3)c2)n1. The van der Waals surface area contributed by atoms with E-state index >= 15 is 0 Å². The van der Waals surface area contributed by atoms with E-state index in [1.165, 1.54) is 43.7 Å². The van der Waals surface area contributed by atoms with Crippen LogP contribution < -0.4 is 15.9 Å². The van der Waals surface area contributed by atoms with E-state index in [2.05, 4.69) is 20.4 Å². The number of hydrazone groups is 1. The van der Waals surface area contributed by atoms with Crippen LogP contribution in [-0.2, 0) is 0 Å². The number of benzene rings is 1. The Kier molecular flexibility index (Phi) is 6.03. The van der Waals surface area contributed by atoms with Crippen LogP contribution in [0.3, 0.4) is 0 Å². The lowest BCUT2D eigenvalue weighted by atomic mass is 10.1. The second-order valence-corrected chi connectivity index (χ2v) is 6.63. The van der Waals surface area contributed by atoms with Crippen molar-refractivity contribution in [1.82, 2.24) is 9.88 Å². The summed E-state index contributed by atoms with van der Waals surface area (Å²) in [4.78, 5) is 6.56. The lowest BCUT2D eigenvalue weighted by Gasteiger charge is -2.26. The molecule has 1 saturated heterocycles. The molecule has 7 heteroatoms. The van der Waals surface area contributed by atoms with Crippen molar-refractivity contribution in [3.8, 4) is 5.75 Å². The molecule has 0 spiro atoms. The van der Waals surface area contributed by atoms with Crippen LogP contribution in [0.25, 0.3) is 0 Å². The molecule has 1 aliphatic heterocycles. The van der Waals surface area contributed by atoms with E-state index in [-0.39, 0.29) is 0 Å². The van der Waals surface area contributed by atoms with Crippen molar-refractivity contribution < 1.29 is 4.74 Å². The maximum absolute atomic E-state index is 5.87. The first kappa shape index (κ1) is 16.7. The third kappa shape index (κ3) is 5.21. The molecule has 2 aromatic rings. The first-order valence-electron chi connectivity index (χ1n) is 8.25. The molecule has 128 valence electrons. The van der Waals surface area contributed by atoms with Crippen LogP contribution in [0.4, 0.5) is 10.9 Å². The van der Waals surface area contributed by atoms with Gasteiger partial charge in [-0.2, -0.15) is 5.10 Å². The lowest BCUT2D eigenvalue weighted by molar-refractivity contribution is 0.183. The number of piperidine rings is 1. The van der Waals surface area contributed by atoms with Gasteiger partial charge in [0.05, 0.1) is 6.21 Å². The van der Waals surface area contributed by atoms with E-state index in [0.29, 0.717) is 10.9 Å². The molecule has 1 aliphatic rings. The number of nitrogen functional groups attached to an aromatic ring is 1. The highest BCUT2D eigenvalue weighted by molar-refractivity contribution is 7.14. The zero-order chi connectivity index (χ0) is 16.6. The van der Waals surface area contributed by atoms with Crippen molar-refractivity contribution in [3.05, 3.63) is 35.2 Å². The molecule has 1 aromatic carbocycles. The molecule has 3 rings (SSSR count). The van der Waals surface area contributed by atoms with E-state index in [4.69, 9.17) is 10.5 Å². The molecule has 0 amide bonds. The van der Waals surface area contributed by atoms with Crippen molar-refractivity contribution in [2.75, 3.05) is 37.4 Å². The fourth-order valence-corrected chi connectivity index (χ4v) is 3.21. The van der Waals surface area contributed by atoms with Crippen molar-refractivity contribution in [3.63, 3.8) is 0 Å². The van der Waals surface area contributed by atoms with Gasteiger partial charge in [0.15, 0.2) is 0 Å². The zero-order valence-electron chi connectivity index (χ0n) is 13.6. The second-order valence-electron chi connectivity index (χ2n) is 5.77. The molecule has 0 atom stereocenters. The number of aromatic nitrogens is 1. The number of nitrogens with zero attached hydrogens (tertiary/aromatic N) is 3. The highest BCUT2D eigenvalue weighted by Crippen LogP contribution is 2.16. The average molecular weight is 345 g/mol. The Balaban J connectivity index is 1.46. The highest BCUT2D eigenvalue weighted by atomic mass is 32.1. The number of nitrogens with one attached hydrogen (secondary N) is 1. The van der Waals surface area contributed by atoms with Gasteiger partial charge in [-0.3, -0.25) is 10.3 Å². The molecule has 6 nitrogen and oxygen atoms in total. The van der Waals surface area contributed by atoms with Gasteiger partial charge in [0.25, 0.3) is 0 Å². The van der Waals surface area contributed by atoms with Gasteiger partial charge in [0.2, 0.25) is 5.13 Å². The number of likely N-dealkylation sites (tertiary alicyclic amines) is 1. The Morgan fingerprint density at radius 2 is 2.21 bits per heavy atom. The lowest BCUT2D eigenvalue weighted by Crippen LogP contribution is -2.33. The highest BCUT2D eigenvalue weighted by Gasteiger charge is 2.09. The summed E-state index contributed by atoms with van der Waals surface area (Å²) < 4.78 is 5.87. The van der Waals surface area contributed by atoms with Crippen LogP contribution in [0.2, 0.25) is 0 Å². The van der Waals surface area contributed by atoms with Gasteiger partial charge in [-0.25, -0.2) is 4.98 Å². The number of ether oxygens (including phenoxy) is 1. The monoisotopic (exact) mass is 345 g/mol. The maximum Gasteiger partial charge on any atom is 0.205 e. The van der Waals surface area contributed by atoms with Gasteiger partial charge < -0.3 is 10.5 Å². The number of rotatable bonds is 7. The molecular formula is C17H23N5OS. The summed E-state index contributed by atoms with van der Waals surface area (Å²) in [7, 11) is 0. The standard InChI is InChI=1S/C17H23N5OS/c18-16-13-24-17(20-16)21-19-12-14-5-4-6-15(11-14)23-10-9-22-7-2-1-3-8-22/h4-6,11-13H,1-3,7-10,18H2,(H,20,21). The molecule has 0 bridgehead atoms. The normalized spacial score (nSPS) is 15.7. The molecule has 1 fully saturated rings. The van der Waals surface area contributed by atoms with Crippen molar-refractivity contribution >= 4 is 28.5 Å². The average Bonchev–Trinajstić information content (AvgIpc) is 3.02. The van der Waals surface area contributed by atoms with Crippen LogP contribution in [0.15, 0.2) is 34.7 Å². The molecular weight excluding hydrogens is 322 g/mol. The molecule has 2 heterocycles. The molecule has 3 N–H and O–H groups in total. The Morgan fingerprint density at radius 3 is 3.00 bits per heavy atom. The summed E-state index contributed by atoms with van der Waals surface area (Å²) in [6.45, 7) is 4.11. The van der Waals surface area contributed by atoms with Crippen LogP contribution >= 0.6 is 11.3 Å². The Morgan fingerprint density at radius 1 is 1.33 bits per heavy atom. The fraction of sp³-hybridized carbons (Fsp3) is 0.412. The predicted octanol–water partition coefficient (Wildman–Crippen LogP) is 3.04. The van der Waals surface area contributed by atoms with Gasteiger partial charge in [-0.1, -0.05) is 18.6 Å². The summed E-state index contributed by atoms with van der Waals surface area (Å²) in [6.07, 6.45) is 5.73. The largest absolute Gasteiger partial charge is 0.492 e. The number of nitrogens with two attached hydrogens (primary N) is 1. The Labute approximate surface area is 146 Å². The first-order valence-corrected chi connectivity index (χ1v) is 9.13. The van der Waals surface area contributed by atoms with E-state index in [1.807, 2.05) is 24.3 Å². The number of thiazole rings is 1. The zero-order valence-corrected chi connectivity index (χ0v) is 14.5. The van der Waals surface area contributed by atoms with Gasteiger partial charge in [0, 0.05) is 11.9 Å². The summed E-state index contributed by atoms with van der Waals surface area (Å²) >= 11 is 1.42. The molecule has 0 aliphatic carbocycles. The van der Waals surface area contributed by atoms with Crippen molar-refractivity contribution in [1.29, 1.82) is 0 Å². The van der Waals surface area contributed by atoms with E-state index in [9.17, 15) is 0 Å². The van der Waals surface area contributed by atoms with Crippen LogP contribution in [0, 0.1) is 0 Å². The predicted molar refractivity (Wildman–Crippen MR) is 100.0 cm³/mol. The van der Waals surface area contributed by atoms with Gasteiger partial charge >= 0.3 is 0 Å². The summed E-state index contributed by atoms with van der Waals surface area (Å²) in [6, 6.07) is 7.91. The van der Waals surface area contributed by atoms with Crippen LogP contribution in [0.5, 0.6) is 5.75 Å². The molecule has 24 heavy (non-hydrogen) atoms. The van der Waals surface area contributed by atoms with E-state index in [0.717, 1.165) is 24.5 Å². The summed E-state index contributed by atoms with van der Waals surface area (Å²) in [5.41, 5.74) is 9.41. The van der Waals surface area contributed by atoms with Crippen LogP contribution in [0.1, 0.15) is 24.8 Å². The van der Waals surface area contributed by atoms with Crippen molar-refractivity contribution in [2.45, 2.75) is 19.3 Å². The third-order valence-electron chi connectivity index (χ3n) is 3.88. The fourth-order valence-electron chi connectivity index (χ4n) is 2.66. The minimum absolute atomic E-state index is 0.502. The molecule has 0 unspecified atom stereocenters. The quantitative estimate of drug-likeness (QED) is 0.596. The third-order valence-corrected chi connectivity index (χ3v) is 4.64. The summed E-state index contributed by atoms with van der Waals surface area (Å²) in [5.74, 6) is 1.37. The van der Waals surface area contributed by atoms with Gasteiger partial charge in [0.1, 0.15) is 18.2 Å². The smallest absolute Gasteiger partial charge is 0.205 e. The van der Waals surface area contributed by atoms with Crippen LogP contribution in [-0.4, -0.2) is 42.3 Å². The Hall–Kier alpha value is -2.12. The number of anilines is 2. The Bertz CT molecular complexity index is 667. The molecule has 1 aromatic heterocycles. The number of hydrogen-bond acceptors (Lipinski definition) is 7. The second kappa shape index (κ2) is 8.65. The minimum atomic E-state index is 0.502. The first-order chi connectivity index (χ1) is 11.8. The minimum Gasteiger partial charge on any atom is -0.492 e. The van der Waals surface area contributed by atoms with E-state index < -0.39 is 0 Å². The molecule has 0 radical (unpaired) electrons.